The number of nitrogens with zero attached hydrogens (tertiary/aromatic N) is 2. The molecular formula is C11H21N3O2S. The van der Waals surface area contributed by atoms with Gasteiger partial charge < -0.3 is 5.32 Å². The Morgan fingerprint density at radius 1 is 1.35 bits per heavy atom. The van der Waals surface area contributed by atoms with Gasteiger partial charge >= 0.3 is 0 Å². The van der Waals surface area contributed by atoms with Crippen molar-refractivity contribution in [3.05, 3.63) is 18.5 Å². The van der Waals surface area contributed by atoms with E-state index in [0.717, 1.165) is 6.54 Å². The molecular weight excluding hydrogens is 238 g/mol. The molecule has 0 fully saturated rings. The van der Waals surface area contributed by atoms with E-state index < -0.39 is 9.84 Å². The van der Waals surface area contributed by atoms with Gasteiger partial charge in [-0.1, -0.05) is 0 Å². The summed E-state index contributed by atoms with van der Waals surface area (Å²) >= 11 is 0. The van der Waals surface area contributed by atoms with Crippen molar-refractivity contribution in [2.24, 2.45) is 0 Å². The van der Waals surface area contributed by atoms with E-state index in [9.17, 15) is 8.42 Å². The summed E-state index contributed by atoms with van der Waals surface area (Å²) in [7, 11) is -2.94. The van der Waals surface area contributed by atoms with Gasteiger partial charge in [-0.15, -0.1) is 0 Å². The van der Waals surface area contributed by atoms with Gasteiger partial charge in [0, 0.05) is 25.0 Å². The summed E-state index contributed by atoms with van der Waals surface area (Å²) in [6, 6.07) is 2.08. The minimum absolute atomic E-state index is 0.189. The first kappa shape index (κ1) is 14.2. The van der Waals surface area contributed by atoms with Crippen molar-refractivity contribution in [3.8, 4) is 0 Å². The zero-order chi connectivity index (χ0) is 12.9. The van der Waals surface area contributed by atoms with Crippen molar-refractivity contribution < 1.29 is 8.42 Å². The van der Waals surface area contributed by atoms with E-state index in [2.05, 4.69) is 10.4 Å². The molecule has 1 N–H and O–H groups in total. The van der Waals surface area contributed by atoms with Crippen LogP contribution in [0.3, 0.4) is 0 Å². The Labute approximate surface area is 103 Å². The van der Waals surface area contributed by atoms with E-state index in [-0.39, 0.29) is 17.0 Å². The lowest BCUT2D eigenvalue weighted by Crippen LogP contribution is -2.35. The molecule has 0 radical (unpaired) electrons. The molecule has 0 amide bonds. The Hall–Kier alpha value is -0.880. The van der Waals surface area contributed by atoms with E-state index in [1.807, 2.05) is 23.9 Å². The standard InChI is InChI=1S/C11H21N3O2S/c1-10(2)17(15,16)8-6-12-11(3)9-14-7-4-5-13-14/h4-5,7,10-12H,6,8-9H2,1-3H3. The Morgan fingerprint density at radius 2 is 2.06 bits per heavy atom. The second-order valence-corrected chi connectivity index (χ2v) is 7.18. The summed E-state index contributed by atoms with van der Waals surface area (Å²) in [6.45, 7) is 6.67. The number of aromatic nitrogens is 2. The number of nitrogens with one attached hydrogen (secondary N) is 1. The van der Waals surface area contributed by atoms with Crippen LogP contribution in [0.2, 0.25) is 0 Å². The lowest BCUT2D eigenvalue weighted by atomic mass is 10.3. The molecule has 1 atom stereocenters. The topological polar surface area (TPSA) is 64.0 Å². The predicted octanol–water partition coefficient (Wildman–Crippen LogP) is 0.684. The van der Waals surface area contributed by atoms with Crippen LogP contribution in [0.4, 0.5) is 0 Å². The van der Waals surface area contributed by atoms with E-state index in [0.29, 0.717) is 6.54 Å². The SMILES string of the molecule is CC(Cn1cccn1)NCCS(=O)(=O)C(C)C. The normalized spacial score (nSPS) is 14.1. The van der Waals surface area contributed by atoms with Gasteiger partial charge in [0.2, 0.25) is 0 Å². The van der Waals surface area contributed by atoms with Crippen LogP contribution in [-0.2, 0) is 16.4 Å². The van der Waals surface area contributed by atoms with Gasteiger partial charge in [-0.2, -0.15) is 5.10 Å². The fourth-order valence-corrected chi connectivity index (χ4v) is 2.31. The minimum Gasteiger partial charge on any atom is -0.311 e. The molecule has 17 heavy (non-hydrogen) atoms. The molecule has 0 aliphatic rings. The molecule has 98 valence electrons. The third kappa shape index (κ3) is 4.87. The van der Waals surface area contributed by atoms with Crippen LogP contribution in [-0.4, -0.2) is 41.8 Å². The van der Waals surface area contributed by atoms with Gasteiger partial charge in [-0.05, 0) is 26.8 Å². The monoisotopic (exact) mass is 259 g/mol. The Kier molecular flexibility index (Phi) is 5.14. The Bertz CT molecular complexity index is 412. The molecule has 0 bridgehead atoms. The van der Waals surface area contributed by atoms with Crippen molar-refractivity contribution in [1.82, 2.24) is 15.1 Å². The van der Waals surface area contributed by atoms with Crippen LogP contribution in [0, 0.1) is 0 Å². The molecule has 1 unspecified atom stereocenters. The summed E-state index contributed by atoms with van der Waals surface area (Å²) in [6.07, 6.45) is 3.62. The van der Waals surface area contributed by atoms with E-state index in [1.165, 1.54) is 0 Å². The molecule has 1 heterocycles. The molecule has 0 saturated heterocycles. The fraction of sp³-hybridized carbons (Fsp3) is 0.727. The van der Waals surface area contributed by atoms with Crippen LogP contribution in [0.1, 0.15) is 20.8 Å². The molecule has 0 saturated carbocycles. The van der Waals surface area contributed by atoms with Gasteiger partial charge in [-0.3, -0.25) is 4.68 Å². The average Bonchev–Trinajstić information content (AvgIpc) is 2.69. The van der Waals surface area contributed by atoms with Crippen LogP contribution >= 0.6 is 0 Å². The zero-order valence-corrected chi connectivity index (χ0v) is 11.4. The average molecular weight is 259 g/mol. The van der Waals surface area contributed by atoms with Crippen LogP contribution in [0.5, 0.6) is 0 Å². The predicted molar refractivity (Wildman–Crippen MR) is 68.6 cm³/mol. The molecule has 0 aliphatic carbocycles. The Morgan fingerprint density at radius 3 is 2.59 bits per heavy atom. The summed E-state index contributed by atoms with van der Waals surface area (Å²) in [5.74, 6) is 0.189. The highest BCUT2D eigenvalue weighted by molar-refractivity contribution is 7.92. The quantitative estimate of drug-likeness (QED) is 0.782. The summed E-state index contributed by atoms with van der Waals surface area (Å²) in [5.41, 5.74) is 0. The lowest BCUT2D eigenvalue weighted by molar-refractivity contribution is 0.460. The van der Waals surface area contributed by atoms with Gasteiger partial charge in [0.15, 0.2) is 9.84 Å². The van der Waals surface area contributed by atoms with Gasteiger partial charge in [-0.25, -0.2) is 8.42 Å². The summed E-state index contributed by atoms with van der Waals surface area (Å²) in [4.78, 5) is 0. The highest BCUT2D eigenvalue weighted by Crippen LogP contribution is 1.99. The third-order valence-electron chi connectivity index (χ3n) is 2.62. The van der Waals surface area contributed by atoms with Gasteiger partial charge in [0.05, 0.1) is 17.5 Å². The first-order valence-corrected chi connectivity index (χ1v) is 7.55. The number of sulfone groups is 1. The molecule has 0 aromatic carbocycles. The van der Waals surface area contributed by atoms with Crippen LogP contribution in [0.25, 0.3) is 0 Å². The first-order valence-electron chi connectivity index (χ1n) is 5.84. The number of rotatable bonds is 7. The summed E-state index contributed by atoms with van der Waals surface area (Å²) in [5, 5.41) is 6.99. The molecule has 6 heteroatoms. The maximum absolute atomic E-state index is 11.6. The minimum atomic E-state index is -2.94. The van der Waals surface area contributed by atoms with E-state index >= 15 is 0 Å². The first-order chi connectivity index (χ1) is 7.92. The van der Waals surface area contributed by atoms with Crippen molar-refractivity contribution in [2.75, 3.05) is 12.3 Å². The molecule has 5 nitrogen and oxygen atoms in total. The van der Waals surface area contributed by atoms with Gasteiger partial charge in [0.1, 0.15) is 0 Å². The molecule has 0 spiro atoms. The fourth-order valence-electron chi connectivity index (χ4n) is 1.44. The lowest BCUT2D eigenvalue weighted by Gasteiger charge is -2.14. The highest BCUT2D eigenvalue weighted by atomic mass is 32.2. The molecule has 1 aromatic rings. The molecule has 1 aromatic heterocycles. The maximum Gasteiger partial charge on any atom is 0.153 e. The van der Waals surface area contributed by atoms with Crippen LogP contribution < -0.4 is 5.32 Å². The smallest absolute Gasteiger partial charge is 0.153 e. The van der Waals surface area contributed by atoms with Crippen LogP contribution in [0.15, 0.2) is 18.5 Å². The van der Waals surface area contributed by atoms with Gasteiger partial charge in [0.25, 0.3) is 0 Å². The van der Waals surface area contributed by atoms with E-state index in [4.69, 9.17) is 0 Å². The van der Waals surface area contributed by atoms with Crippen molar-refractivity contribution in [1.29, 1.82) is 0 Å². The van der Waals surface area contributed by atoms with Crippen molar-refractivity contribution >= 4 is 9.84 Å². The maximum atomic E-state index is 11.6. The second kappa shape index (κ2) is 6.16. The third-order valence-corrected chi connectivity index (χ3v) is 4.83. The largest absolute Gasteiger partial charge is 0.311 e. The number of hydrogen-bond acceptors (Lipinski definition) is 4. The Balaban J connectivity index is 2.27. The molecule has 1 rings (SSSR count). The number of hydrogen-bond donors (Lipinski definition) is 1. The summed E-state index contributed by atoms with van der Waals surface area (Å²) < 4.78 is 25.0. The highest BCUT2D eigenvalue weighted by Gasteiger charge is 2.15. The van der Waals surface area contributed by atoms with E-state index in [1.54, 1.807) is 20.0 Å². The van der Waals surface area contributed by atoms with Crippen molar-refractivity contribution in [3.63, 3.8) is 0 Å². The van der Waals surface area contributed by atoms with Crippen molar-refractivity contribution in [2.45, 2.75) is 38.6 Å². The zero-order valence-electron chi connectivity index (χ0n) is 10.6. The second-order valence-electron chi connectivity index (χ2n) is 4.50. The molecule has 0 aliphatic heterocycles.